The fourth-order valence-electron chi connectivity index (χ4n) is 4.25. The number of rotatable bonds is 11. The first-order chi connectivity index (χ1) is 18.4. The van der Waals surface area contributed by atoms with Gasteiger partial charge in [-0.05, 0) is 54.8 Å². The number of urea groups is 1. The van der Waals surface area contributed by atoms with Crippen molar-refractivity contribution in [3.05, 3.63) is 102 Å². The average Bonchev–Trinajstić information content (AvgIpc) is 3.34. The maximum absolute atomic E-state index is 13.6. The number of para-hydroxylation sites is 1. The molecule has 38 heavy (non-hydrogen) atoms. The molecule has 0 bridgehead atoms. The molecule has 7 nitrogen and oxygen atoms in total. The SMILES string of the molecule is COCCN(CC(=O)N(CCc1c[nH]c2ccccc12)Cc1ccc(F)cc1)C(=O)Nc1ccc(C)cc1. The maximum atomic E-state index is 13.6. The second-order valence-electron chi connectivity index (χ2n) is 9.26. The monoisotopic (exact) mass is 516 g/mol. The Hall–Kier alpha value is -4.17. The molecule has 3 amide bonds. The molecular weight excluding hydrogens is 483 g/mol. The summed E-state index contributed by atoms with van der Waals surface area (Å²) < 4.78 is 18.7. The second-order valence-corrected chi connectivity index (χ2v) is 9.26. The number of ether oxygens (including phenoxy) is 1. The molecule has 0 aliphatic carbocycles. The van der Waals surface area contributed by atoms with E-state index >= 15 is 0 Å². The van der Waals surface area contributed by atoms with Gasteiger partial charge in [0.1, 0.15) is 12.4 Å². The lowest BCUT2D eigenvalue weighted by atomic mass is 10.1. The molecule has 3 aromatic carbocycles. The molecule has 0 aliphatic heterocycles. The van der Waals surface area contributed by atoms with Crippen molar-refractivity contribution in [1.82, 2.24) is 14.8 Å². The summed E-state index contributed by atoms with van der Waals surface area (Å²) in [7, 11) is 1.56. The number of aromatic amines is 1. The van der Waals surface area contributed by atoms with Crippen LogP contribution in [0.25, 0.3) is 10.9 Å². The summed E-state index contributed by atoms with van der Waals surface area (Å²) in [6.45, 7) is 3.15. The number of amides is 3. The topological polar surface area (TPSA) is 77.7 Å². The highest BCUT2D eigenvalue weighted by Crippen LogP contribution is 2.19. The highest BCUT2D eigenvalue weighted by molar-refractivity contribution is 5.92. The van der Waals surface area contributed by atoms with Crippen LogP contribution in [0.2, 0.25) is 0 Å². The molecular formula is C30H33FN4O3. The number of halogens is 1. The number of carbonyl (C=O) groups excluding carboxylic acids is 2. The van der Waals surface area contributed by atoms with Crippen molar-refractivity contribution in [2.75, 3.05) is 38.7 Å². The smallest absolute Gasteiger partial charge is 0.322 e. The Bertz CT molecular complexity index is 1350. The van der Waals surface area contributed by atoms with E-state index in [9.17, 15) is 14.0 Å². The van der Waals surface area contributed by atoms with Gasteiger partial charge in [0, 0.05) is 49.5 Å². The summed E-state index contributed by atoms with van der Waals surface area (Å²) in [6.07, 6.45) is 2.59. The lowest BCUT2D eigenvalue weighted by Crippen LogP contribution is -2.46. The number of methoxy groups -OCH3 is 1. The molecule has 0 unspecified atom stereocenters. The molecule has 2 N–H and O–H groups in total. The van der Waals surface area contributed by atoms with Crippen molar-refractivity contribution < 1.29 is 18.7 Å². The van der Waals surface area contributed by atoms with E-state index in [1.165, 1.54) is 17.0 Å². The van der Waals surface area contributed by atoms with E-state index in [2.05, 4.69) is 16.4 Å². The van der Waals surface area contributed by atoms with Gasteiger partial charge in [0.15, 0.2) is 0 Å². The van der Waals surface area contributed by atoms with Crippen LogP contribution in [-0.4, -0.2) is 60.1 Å². The fraction of sp³-hybridized carbons (Fsp3) is 0.267. The summed E-state index contributed by atoms with van der Waals surface area (Å²) in [6, 6.07) is 21.2. The molecule has 0 aliphatic rings. The van der Waals surface area contributed by atoms with E-state index in [1.807, 2.05) is 55.6 Å². The molecule has 0 radical (unpaired) electrons. The Morgan fingerprint density at radius 3 is 2.42 bits per heavy atom. The number of anilines is 1. The molecule has 0 saturated heterocycles. The molecule has 1 heterocycles. The quantitative estimate of drug-likeness (QED) is 0.282. The summed E-state index contributed by atoms with van der Waals surface area (Å²) in [4.78, 5) is 33.1. The Morgan fingerprint density at radius 1 is 0.947 bits per heavy atom. The molecule has 0 saturated carbocycles. The zero-order chi connectivity index (χ0) is 26.9. The third-order valence-electron chi connectivity index (χ3n) is 6.45. The van der Waals surface area contributed by atoms with Crippen molar-refractivity contribution in [2.45, 2.75) is 19.9 Å². The Labute approximate surface area is 222 Å². The van der Waals surface area contributed by atoms with Crippen LogP contribution in [0.1, 0.15) is 16.7 Å². The van der Waals surface area contributed by atoms with Crippen molar-refractivity contribution in [3.63, 3.8) is 0 Å². The molecule has 0 spiro atoms. The number of aromatic nitrogens is 1. The summed E-state index contributed by atoms with van der Waals surface area (Å²) in [5, 5.41) is 3.98. The van der Waals surface area contributed by atoms with Crippen molar-refractivity contribution in [1.29, 1.82) is 0 Å². The van der Waals surface area contributed by atoms with E-state index in [4.69, 9.17) is 4.74 Å². The van der Waals surface area contributed by atoms with Crippen molar-refractivity contribution in [2.24, 2.45) is 0 Å². The number of benzene rings is 3. The van der Waals surface area contributed by atoms with Gasteiger partial charge in [0.25, 0.3) is 0 Å². The van der Waals surface area contributed by atoms with Crippen LogP contribution in [0, 0.1) is 12.7 Å². The Morgan fingerprint density at radius 2 is 1.68 bits per heavy atom. The summed E-state index contributed by atoms with van der Waals surface area (Å²) >= 11 is 0. The minimum atomic E-state index is -0.377. The highest BCUT2D eigenvalue weighted by Gasteiger charge is 2.22. The van der Waals surface area contributed by atoms with Crippen LogP contribution in [0.4, 0.5) is 14.9 Å². The fourth-order valence-corrected chi connectivity index (χ4v) is 4.25. The molecule has 198 valence electrons. The second kappa shape index (κ2) is 12.9. The summed E-state index contributed by atoms with van der Waals surface area (Å²) in [5.74, 6) is -0.534. The van der Waals surface area contributed by atoms with Gasteiger partial charge in [-0.25, -0.2) is 9.18 Å². The molecule has 8 heteroatoms. The van der Waals surface area contributed by atoms with Crippen molar-refractivity contribution >= 4 is 28.5 Å². The standard InChI is InChI=1S/C30H33FN4O3/c1-22-7-13-26(14-8-22)33-30(37)35(17-18-38-2)21-29(36)34(20-23-9-11-25(31)12-10-23)16-15-24-19-32-28-6-4-3-5-27(24)28/h3-14,19,32H,15-18,20-21H2,1-2H3,(H,33,37). The van der Waals surface area contributed by atoms with Gasteiger partial charge in [-0.15, -0.1) is 0 Å². The summed E-state index contributed by atoms with van der Waals surface area (Å²) in [5.41, 5.74) is 4.69. The minimum Gasteiger partial charge on any atom is -0.383 e. The number of aryl methyl sites for hydroxylation is 1. The number of carbonyl (C=O) groups is 2. The van der Waals surface area contributed by atoms with Gasteiger partial charge in [-0.2, -0.15) is 0 Å². The predicted octanol–water partition coefficient (Wildman–Crippen LogP) is 5.37. The lowest BCUT2D eigenvalue weighted by Gasteiger charge is -2.28. The van der Waals surface area contributed by atoms with Gasteiger partial charge in [-0.3, -0.25) is 4.79 Å². The predicted molar refractivity (Wildman–Crippen MR) is 147 cm³/mol. The Kier molecular flexibility index (Phi) is 9.11. The van der Waals surface area contributed by atoms with Gasteiger partial charge in [0.2, 0.25) is 5.91 Å². The van der Waals surface area contributed by atoms with Crippen LogP contribution in [0.3, 0.4) is 0 Å². The minimum absolute atomic E-state index is 0.115. The van der Waals surface area contributed by atoms with Crippen LogP contribution < -0.4 is 5.32 Å². The number of hydrogen-bond acceptors (Lipinski definition) is 3. The lowest BCUT2D eigenvalue weighted by molar-refractivity contribution is -0.132. The molecule has 0 atom stereocenters. The van der Waals surface area contributed by atoms with Gasteiger partial charge in [0.05, 0.1) is 6.61 Å². The highest BCUT2D eigenvalue weighted by atomic mass is 19.1. The number of hydrogen-bond donors (Lipinski definition) is 2. The zero-order valence-corrected chi connectivity index (χ0v) is 21.7. The van der Waals surface area contributed by atoms with Crippen LogP contribution >= 0.6 is 0 Å². The average molecular weight is 517 g/mol. The van der Waals surface area contributed by atoms with E-state index in [1.54, 1.807) is 24.1 Å². The number of nitrogens with zero attached hydrogens (tertiary/aromatic N) is 2. The van der Waals surface area contributed by atoms with E-state index in [0.717, 1.165) is 27.6 Å². The van der Waals surface area contributed by atoms with E-state index < -0.39 is 0 Å². The van der Waals surface area contributed by atoms with Crippen molar-refractivity contribution in [3.8, 4) is 0 Å². The first kappa shape index (κ1) is 26.9. The van der Waals surface area contributed by atoms with E-state index in [-0.39, 0.29) is 30.8 Å². The molecule has 4 rings (SSSR count). The largest absolute Gasteiger partial charge is 0.383 e. The van der Waals surface area contributed by atoms with Crippen LogP contribution in [0.5, 0.6) is 0 Å². The molecule has 0 fully saturated rings. The first-order valence-corrected chi connectivity index (χ1v) is 12.6. The third kappa shape index (κ3) is 7.20. The zero-order valence-electron chi connectivity index (χ0n) is 21.7. The Balaban J connectivity index is 1.50. The van der Waals surface area contributed by atoms with Gasteiger partial charge < -0.3 is 24.8 Å². The third-order valence-corrected chi connectivity index (χ3v) is 6.45. The molecule has 1 aromatic heterocycles. The number of H-pyrrole nitrogens is 1. The first-order valence-electron chi connectivity index (χ1n) is 12.6. The van der Waals surface area contributed by atoms with Gasteiger partial charge in [-0.1, -0.05) is 48.0 Å². The van der Waals surface area contributed by atoms with Gasteiger partial charge >= 0.3 is 6.03 Å². The van der Waals surface area contributed by atoms with E-state index in [0.29, 0.717) is 31.8 Å². The number of fused-ring (bicyclic) bond motifs is 1. The normalized spacial score (nSPS) is 10.9. The maximum Gasteiger partial charge on any atom is 0.322 e. The molecule has 4 aromatic rings. The van der Waals surface area contributed by atoms with Crippen LogP contribution in [0.15, 0.2) is 79.0 Å². The number of nitrogens with one attached hydrogen (secondary N) is 2. The van der Waals surface area contributed by atoms with Crippen LogP contribution in [-0.2, 0) is 22.5 Å².